The molecule has 0 saturated heterocycles. The van der Waals surface area contributed by atoms with Crippen molar-refractivity contribution in [2.75, 3.05) is 20.3 Å². The number of nitrogens with two attached hydrogens (primary N) is 1. The average Bonchev–Trinajstić information content (AvgIpc) is 3.10. The maximum absolute atomic E-state index is 5.91. The fourth-order valence-corrected chi connectivity index (χ4v) is 2.88. The van der Waals surface area contributed by atoms with Crippen molar-refractivity contribution < 1.29 is 9.47 Å². The van der Waals surface area contributed by atoms with Crippen LogP contribution < -0.4 is 15.2 Å². The molecule has 0 spiro atoms. The first-order valence-electron chi connectivity index (χ1n) is 5.96. The third-order valence-electron chi connectivity index (χ3n) is 3.37. The molecule has 0 bridgehead atoms. The fraction of sp³-hybridized carbons (Fsp3) is 0.538. The molecular formula is C13H17Br2NO2. The van der Waals surface area contributed by atoms with Gasteiger partial charge in [0.15, 0.2) is 0 Å². The molecule has 2 rings (SSSR count). The minimum absolute atomic E-state index is 0.320. The van der Waals surface area contributed by atoms with Gasteiger partial charge in [0.1, 0.15) is 11.5 Å². The van der Waals surface area contributed by atoms with Crippen LogP contribution in [0.3, 0.4) is 0 Å². The van der Waals surface area contributed by atoms with Crippen molar-refractivity contribution in [3.05, 3.63) is 21.1 Å². The van der Waals surface area contributed by atoms with E-state index in [-0.39, 0.29) is 0 Å². The lowest BCUT2D eigenvalue weighted by atomic mass is 10.0. The number of halogens is 2. The number of benzene rings is 1. The standard InChI is InChI=1S/C13H17Br2NO2/c1-17-11-6-10(15)12(7-9(11)14)18-8-13(2-3-13)4-5-16/h6-7H,2-5,8,16H2,1H3. The number of hydrogen-bond donors (Lipinski definition) is 1. The highest BCUT2D eigenvalue weighted by molar-refractivity contribution is 9.11. The smallest absolute Gasteiger partial charge is 0.134 e. The molecule has 1 aliphatic rings. The quantitative estimate of drug-likeness (QED) is 0.820. The Morgan fingerprint density at radius 3 is 2.39 bits per heavy atom. The Bertz CT molecular complexity index is 433. The van der Waals surface area contributed by atoms with E-state index in [0.717, 1.165) is 40.0 Å². The van der Waals surface area contributed by atoms with Gasteiger partial charge in [-0.15, -0.1) is 0 Å². The highest BCUT2D eigenvalue weighted by Crippen LogP contribution is 2.49. The van der Waals surface area contributed by atoms with Crippen LogP contribution in [-0.4, -0.2) is 20.3 Å². The Balaban J connectivity index is 2.03. The van der Waals surface area contributed by atoms with Crippen molar-refractivity contribution in [2.45, 2.75) is 19.3 Å². The Morgan fingerprint density at radius 1 is 1.22 bits per heavy atom. The molecule has 0 aliphatic heterocycles. The van der Waals surface area contributed by atoms with Crippen LogP contribution in [0.4, 0.5) is 0 Å². The SMILES string of the molecule is COc1cc(Br)c(OCC2(CCN)CC2)cc1Br. The highest BCUT2D eigenvalue weighted by Gasteiger charge is 2.42. The Hall–Kier alpha value is -0.260. The molecule has 1 aromatic carbocycles. The molecule has 1 fully saturated rings. The monoisotopic (exact) mass is 377 g/mol. The molecule has 1 saturated carbocycles. The van der Waals surface area contributed by atoms with E-state index in [1.807, 2.05) is 12.1 Å². The van der Waals surface area contributed by atoms with Crippen molar-refractivity contribution in [2.24, 2.45) is 11.1 Å². The molecule has 1 aliphatic carbocycles. The molecule has 0 radical (unpaired) electrons. The summed E-state index contributed by atoms with van der Waals surface area (Å²) in [6, 6.07) is 3.84. The maximum atomic E-state index is 5.91. The van der Waals surface area contributed by atoms with Crippen molar-refractivity contribution >= 4 is 31.9 Å². The Kier molecular flexibility index (Phi) is 4.56. The van der Waals surface area contributed by atoms with E-state index in [4.69, 9.17) is 15.2 Å². The van der Waals surface area contributed by atoms with Gasteiger partial charge in [0.2, 0.25) is 0 Å². The van der Waals surface area contributed by atoms with Crippen LogP contribution in [0.1, 0.15) is 19.3 Å². The Morgan fingerprint density at radius 2 is 1.83 bits per heavy atom. The number of ether oxygens (including phenoxy) is 2. The zero-order valence-electron chi connectivity index (χ0n) is 10.3. The van der Waals surface area contributed by atoms with E-state index in [0.29, 0.717) is 5.41 Å². The van der Waals surface area contributed by atoms with Crippen LogP contribution in [0.5, 0.6) is 11.5 Å². The van der Waals surface area contributed by atoms with Gasteiger partial charge in [0, 0.05) is 5.41 Å². The molecule has 0 unspecified atom stereocenters. The van der Waals surface area contributed by atoms with Gasteiger partial charge in [-0.25, -0.2) is 0 Å². The second-order valence-corrected chi connectivity index (χ2v) is 6.45. The summed E-state index contributed by atoms with van der Waals surface area (Å²) < 4.78 is 12.9. The normalized spacial score (nSPS) is 16.4. The zero-order chi connectivity index (χ0) is 13.2. The van der Waals surface area contributed by atoms with Crippen LogP contribution >= 0.6 is 31.9 Å². The van der Waals surface area contributed by atoms with E-state index in [1.54, 1.807) is 7.11 Å². The van der Waals surface area contributed by atoms with Gasteiger partial charge >= 0.3 is 0 Å². The van der Waals surface area contributed by atoms with Gasteiger partial charge in [-0.05, 0) is 69.8 Å². The lowest BCUT2D eigenvalue weighted by Gasteiger charge is -2.17. The first kappa shape index (κ1) is 14.2. The highest BCUT2D eigenvalue weighted by atomic mass is 79.9. The third-order valence-corrected chi connectivity index (χ3v) is 4.61. The molecule has 3 nitrogen and oxygen atoms in total. The Labute approximate surface area is 124 Å². The molecule has 0 atom stereocenters. The second kappa shape index (κ2) is 5.80. The van der Waals surface area contributed by atoms with Crippen LogP contribution in [0.15, 0.2) is 21.1 Å². The van der Waals surface area contributed by atoms with Crippen molar-refractivity contribution in [3.63, 3.8) is 0 Å². The lowest BCUT2D eigenvalue weighted by molar-refractivity contribution is 0.225. The van der Waals surface area contributed by atoms with E-state index in [1.165, 1.54) is 12.8 Å². The van der Waals surface area contributed by atoms with E-state index < -0.39 is 0 Å². The van der Waals surface area contributed by atoms with Gasteiger partial charge in [-0.2, -0.15) is 0 Å². The first-order valence-corrected chi connectivity index (χ1v) is 7.55. The van der Waals surface area contributed by atoms with E-state index in [9.17, 15) is 0 Å². The molecule has 0 amide bonds. The molecule has 5 heteroatoms. The fourth-order valence-electron chi connectivity index (χ4n) is 1.96. The largest absolute Gasteiger partial charge is 0.496 e. The maximum Gasteiger partial charge on any atom is 0.134 e. The summed E-state index contributed by atoms with van der Waals surface area (Å²) in [7, 11) is 1.65. The number of rotatable bonds is 6. The predicted molar refractivity (Wildman–Crippen MR) is 79.2 cm³/mol. The minimum Gasteiger partial charge on any atom is -0.496 e. The molecule has 18 heavy (non-hydrogen) atoms. The van der Waals surface area contributed by atoms with Crippen LogP contribution in [0.25, 0.3) is 0 Å². The molecule has 1 aromatic rings. The molecular weight excluding hydrogens is 362 g/mol. The summed E-state index contributed by atoms with van der Waals surface area (Å²) in [6.07, 6.45) is 3.49. The van der Waals surface area contributed by atoms with E-state index in [2.05, 4.69) is 31.9 Å². The molecule has 2 N–H and O–H groups in total. The number of methoxy groups -OCH3 is 1. The average molecular weight is 379 g/mol. The summed E-state index contributed by atoms with van der Waals surface area (Å²) in [4.78, 5) is 0. The van der Waals surface area contributed by atoms with Crippen molar-refractivity contribution in [1.29, 1.82) is 0 Å². The zero-order valence-corrected chi connectivity index (χ0v) is 13.5. The van der Waals surface area contributed by atoms with E-state index >= 15 is 0 Å². The number of hydrogen-bond acceptors (Lipinski definition) is 3. The topological polar surface area (TPSA) is 44.5 Å². The summed E-state index contributed by atoms with van der Waals surface area (Å²) in [6.45, 7) is 1.47. The third kappa shape index (κ3) is 3.19. The van der Waals surface area contributed by atoms with Gasteiger partial charge in [0.05, 0.1) is 22.7 Å². The van der Waals surface area contributed by atoms with Gasteiger partial charge in [-0.3, -0.25) is 0 Å². The molecule has 0 heterocycles. The van der Waals surface area contributed by atoms with Gasteiger partial charge in [0.25, 0.3) is 0 Å². The van der Waals surface area contributed by atoms with Gasteiger partial charge < -0.3 is 15.2 Å². The summed E-state index contributed by atoms with van der Waals surface area (Å²) in [5.41, 5.74) is 5.95. The van der Waals surface area contributed by atoms with Gasteiger partial charge in [-0.1, -0.05) is 0 Å². The summed E-state index contributed by atoms with van der Waals surface area (Å²) in [5.74, 6) is 1.63. The van der Waals surface area contributed by atoms with Crippen LogP contribution in [-0.2, 0) is 0 Å². The molecule has 100 valence electrons. The summed E-state index contributed by atoms with van der Waals surface area (Å²) >= 11 is 6.96. The van der Waals surface area contributed by atoms with Crippen LogP contribution in [0.2, 0.25) is 0 Å². The lowest BCUT2D eigenvalue weighted by Crippen LogP contribution is -2.17. The van der Waals surface area contributed by atoms with Crippen molar-refractivity contribution in [1.82, 2.24) is 0 Å². The minimum atomic E-state index is 0.320. The van der Waals surface area contributed by atoms with Crippen LogP contribution in [0, 0.1) is 5.41 Å². The van der Waals surface area contributed by atoms with Crippen molar-refractivity contribution in [3.8, 4) is 11.5 Å². The predicted octanol–water partition coefficient (Wildman–Crippen LogP) is 3.73. The molecule has 0 aromatic heterocycles. The second-order valence-electron chi connectivity index (χ2n) is 4.74. The summed E-state index contributed by atoms with van der Waals surface area (Å²) in [5, 5.41) is 0. The first-order chi connectivity index (χ1) is 8.60.